The predicted octanol–water partition coefficient (Wildman–Crippen LogP) is 3.17. The number of carbonyl (C=O) groups is 1. The molecule has 0 atom stereocenters. The van der Waals surface area contributed by atoms with E-state index in [1.165, 1.54) is 6.33 Å². The molecule has 0 aliphatic rings. The number of aromatic nitrogens is 3. The van der Waals surface area contributed by atoms with Gasteiger partial charge in [0.15, 0.2) is 0 Å². The minimum Gasteiger partial charge on any atom is -0.320 e. The number of anilines is 1. The summed E-state index contributed by atoms with van der Waals surface area (Å²) in [7, 11) is 0. The molecule has 0 unspecified atom stereocenters. The van der Waals surface area contributed by atoms with Crippen LogP contribution in [0.2, 0.25) is 5.02 Å². The fraction of sp³-hybridized carbons (Fsp3) is 0. The molecule has 21 heavy (non-hydrogen) atoms. The Bertz CT molecular complexity index is 771. The summed E-state index contributed by atoms with van der Waals surface area (Å²) in [4.78, 5) is 16.2. The second kappa shape index (κ2) is 5.76. The third kappa shape index (κ3) is 2.78. The maximum absolute atomic E-state index is 12.3. The summed E-state index contributed by atoms with van der Waals surface area (Å²) in [5.74, 6) is -0.270. The number of halogens is 1. The van der Waals surface area contributed by atoms with E-state index < -0.39 is 0 Å². The molecule has 2 aromatic carbocycles. The Morgan fingerprint density at radius 2 is 1.86 bits per heavy atom. The van der Waals surface area contributed by atoms with E-state index in [1.807, 2.05) is 18.2 Å². The number of para-hydroxylation sites is 2. The molecule has 0 aliphatic carbocycles. The number of hydrogen-bond donors (Lipinski definition) is 1. The van der Waals surface area contributed by atoms with Crippen LogP contribution in [0, 0.1) is 0 Å². The van der Waals surface area contributed by atoms with Crippen LogP contribution in [0.15, 0.2) is 61.2 Å². The van der Waals surface area contributed by atoms with Crippen LogP contribution in [-0.4, -0.2) is 20.7 Å². The van der Waals surface area contributed by atoms with E-state index in [-0.39, 0.29) is 5.91 Å². The highest BCUT2D eigenvalue weighted by Gasteiger charge is 2.12. The molecule has 0 radical (unpaired) electrons. The third-order valence-electron chi connectivity index (χ3n) is 2.94. The number of amides is 1. The monoisotopic (exact) mass is 298 g/mol. The number of benzene rings is 2. The van der Waals surface area contributed by atoms with Gasteiger partial charge in [0.25, 0.3) is 5.91 Å². The number of rotatable bonds is 3. The normalized spacial score (nSPS) is 10.3. The molecule has 0 aliphatic heterocycles. The van der Waals surface area contributed by atoms with Gasteiger partial charge in [-0.15, -0.1) is 0 Å². The van der Waals surface area contributed by atoms with Crippen molar-refractivity contribution in [3.8, 4) is 5.69 Å². The van der Waals surface area contributed by atoms with Gasteiger partial charge in [0.05, 0.1) is 22.0 Å². The van der Waals surface area contributed by atoms with Crippen LogP contribution in [0.4, 0.5) is 5.69 Å². The molecule has 0 saturated carbocycles. The van der Waals surface area contributed by atoms with Crippen molar-refractivity contribution >= 4 is 23.2 Å². The molecule has 0 bridgehead atoms. The van der Waals surface area contributed by atoms with E-state index >= 15 is 0 Å². The highest BCUT2D eigenvalue weighted by molar-refractivity contribution is 6.34. The number of nitrogens with zero attached hydrogens (tertiary/aromatic N) is 3. The summed E-state index contributed by atoms with van der Waals surface area (Å²) in [5, 5.41) is 7.33. The van der Waals surface area contributed by atoms with Crippen molar-refractivity contribution < 1.29 is 4.79 Å². The zero-order valence-electron chi connectivity index (χ0n) is 10.9. The van der Waals surface area contributed by atoms with Gasteiger partial charge in [-0.3, -0.25) is 4.79 Å². The number of hydrogen-bond acceptors (Lipinski definition) is 3. The van der Waals surface area contributed by atoms with Gasteiger partial charge < -0.3 is 5.32 Å². The zero-order valence-corrected chi connectivity index (χ0v) is 11.7. The molecule has 3 aromatic rings. The second-order valence-electron chi connectivity index (χ2n) is 4.29. The topological polar surface area (TPSA) is 59.8 Å². The van der Waals surface area contributed by atoms with Crippen molar-refractivity contribution in [2.24, 2.45) is 0 Å². The molecule has 5 nitrogen and oxygen atoms in total. The zero-order chi connectivity index (χ0) is 14.7. The average molecular weight is 299 g/mol. The van der Waals surface area contributed by atoms with Crippen molar-refractivity contribution in [2.75, 3.05) is 5.32 Å². The molecule has 0 saturated heterocycles. The fourth-order valence-electron chi connectivity index (χ4n) is 1.95. The van der Waals surface area contributed by atoms with Crippen molar-refractivity contribution in [1.29, 1.82) is 0 Å². The summed E-state index contributed by atoms with van der Waals surface area (Å²) < 4.78 is 1.59. The molecule has 6 heteroatoms. The van der Waals surface area contributed by atoms with Gasteiger partial charge in [-0.2, -0.15) is 5.10 Å². The maximum atomic E-state index is 12.3. The van der Waals surface area contributed by atoms with Gasteiger partial charge in [-0.05, 0) is 24.3 Å². The van der Waals surface area contributed by atoms with Gasteiger partial charge in [-0.25, -0.2) is 9.67 Å². The van der Waals surface area contributed by atoms with E-state index in [9.17, 15) is 4.79 Å². The lowest BCUT2D eigenvalue weighted by Crippen LogP contribution is -2.14. The molecule has 0 spiro atoms. The minimum absolute atomic E-state index is 0.270. The summed E-state index contributed by atoms with van der Waals surface area (Å²) in [6.07, 6.45) is 3.01. The molecule has 1 amide bonds. The molecule has 1 N–H and O–H groups in total. The second-order valence-corrected chi connectivity index (χ2v) is 4.70. The SMILES string of the molecule is O=C(Nc1ccccc1-n1cncn1)c1ccccc1Cl. The maximum Gasteiger partial charge on any atom is 0.257 e. The highest BCUT2D eigenvalue weighted by Crippen LogP contribution is 2.21. The van der Waals surface area contributed by atoms with Crippen LogP contribution in [-0.2, 0) is 0 Å². The summed E-state index contributed by atoms with van der Waals surface area (Å²) in [6.45, 7) is 0. The smallest absolute Gasteiger partial charge is 0.257 e. The van der Waals surface area contributed by atoms with Gasteiger partial charge in [0, 0.05) is 0 Å². The molecular weight excluding hydrogens is 288 g/mol. The molecule has 104 valence electrons. The molecule has 1 heterocycles. The molecular formula is C15H11ClN4O. The van der Waals surface area contributed by atoms with E-state index in [1.54, 1.807) is 41.3 Å². The predicted molar refractivity (Wildman–Crippen MR) is 80.8 cm³/mol. The minimum atomic E-state index is -0.270. The van der Waals surface area contributed by atoms with E-state index in [4.69, 9.17) is 11.6 Å². The quantitative estimate of drug-likeness (QED) is 0.808. The van der Waals surface area contributed by atoms with Gasteiger partial charge in [0.2, 0.25) is 0 Å². The van der Waals surface area contributed by atoms with Crippen molar-refractivity contribution in [3.63, 3.8) is 0 Å². The van der Waals surface area contributed by atoms with Gasteiger partial charge in [-0.1, -0.05) is 35.9 Å². The summed E-state index contributed by atoms with van der Waals surface area (Å²) >= 11 is 6.04. The van der Waals surface area contributed by atoms with Crippen LogP contribution < -0.4 is 5.32 Å². The third-order valence-corrected chi connectivity index (χ3v) is 3.27. The fourth-order valence-corrected chi connectivity index (χ4v) is 2.17. The van der Waals surface area contributed by atoms with Crippen molar-refractivity contribution in [3.05, 3.63) is 71.8 Å². The van der Waals surface area contributed by atoms with Crippen LogP contribution >= 0.6 is 11.6 Å². The Morgan fingerprint density at radius 3 is 2.62 bits per heavy atom. The molecule has 3 rings (SSSR count). The standard InChI is InChI=1S/C15H11ClN4O/c16-12-6-2-1-5-11(12)15(21)19-13-7-3-4-8-14(13)20-10-17-9-18-20/h1-10H,(H,19,21). The lowest BCUT2D eigenvalue weighted by atomic mass is 10.2. The van der Waals surface area contributed by atoms with Crippen LogP contribution in [0.1, 0.15) is 10.4 Å². The first-order valence-corrected chi connectivity index (χ1v) is 6.63. The summed E-state index contributed by atoms with van der Waals surface area (Å²) in [5.41, 5.74) is 1.79. The lowest BCUT2D eigenvalue weighted by molar-refractivity contribution is 0.102. The van der Waals surface area contributed by atoms with Crippen LogP contribution in [0.25, 0.3) is 5.69 Å². The molecule has 0 fully saturated rings. The first kappa shape index (κ1) is 13.3. The van der Waals surface area contributed by atoms with Crippen LogP contribution in [0.3, 0.4) is 0 Å². The van der Waals surface area contributed by atoms with Crippen molar-refractivity contribution in [2.45, 2.75) is 0 Å². The average Bonchev–Trinajstić information content (AvgIpc) is 3.02. The Balaban J connectivity index is 1.93. The van der Waals surface area contributed by atoms with Crippen molar-refractivity contribution in [1.82, 2.24) is 14.8 Å². The number of carbonyl (C=O) groups excluding carboxylic acids is 1. The Kier molecular flexibility index (Phi) is 3.66. The van der Waals surface area contributed by atoms with E-state index in [0.29, 0.717) is 16.3 Å². The first-order valence-electron chi connectivity index (χ1n) is 6.25. The number of nitrogens with one attached hydrogen (secondary N) is 1. The highest BCUT2D eigenvalue weighted by atomic mass is 35.5. The van der Waals surface area contributed by atoms with Gasteiger partial charge in [0.1, 0.15) is 12.7 Å². The summed E-state index contributed by atoms with van der Waals surface area (Å²) in [6, 6.07) is 14.2. The Hall–Kier alpha value is -2.66. The van der Waals surface area contributed by atoms with E-state index in [2.05, 4.69) is 15.4 Å². The Labute approximate surface area is 126 Å². The van der Waals surface area contributed by atoms with Crippen LogP contribution in [0.5, 0.6) is 0 Å². The largest absolute Gasteiger partial charge is 0.320 e. The first-order chi connectivity index (χ1) is 10.3. The Morgan fingerprint density at radius 1 is 1.10 bits per heavy atom. The van der Waals surface area contributed by atoms with Gasteiger partial charge >= 0.3 is 0 Å². The lowest BCUT2D eigenvalue weighted by Gasteiger charge is -2.11. The van der Waals surface area contributed by atoms with E-state index in [0.717, 1.165) is 5.69 Å². The molecule has 1 aromatic heterocycles.